The zero-order valence-corrected chi connectivity index (χ0v) is 19.6. The first-order valence-electron chi connectivity index (χ1n) is 11.7. The van der Waals surface area contributed by atoms with E-state index < -0.39 is 12.1 Å². The number of nitrogens with one attached hydrogen (secondary N) is 1. The van der Waals surface area contributed by atoms with Crippen molar-refractivity contribution in [3.63, 3.8) is 0 Å². The smallest absolute Gasteiger partial charge is 0.267 e. The number of amides is 3. The van der Waals surface area contributed by atoms with E-state index in [0.29, 0.717) is 37.7 Å². The monoisotopic (exact) mass is 465 g/mol. The second kappa shape index (κ2) is 10.6. The molecule has 2 atom stereocenters. The predicted octanol–water partition coefficient (Wildman–Crippen LogP) is 1.88. The molecule has 2 aromatic carbocycles. The molecule has 4 rings (SSSR count). The van der Waals surface area contributed by atoms with Gasteiger partial charge in [-0.1, -0.05) is 56.3 Å². The molecule has 1 fully saturated rings. The topological polar surface area (TPSA) is 88.2 Å². The van der Waals surface area contributed by atoms with Crippen LogP contribution in [0.4, 0.5) is 0 Å². The fraction of sp³-hybridized carbons (Fsp3) is 0.423. The van der Waals surface area contributed by atoms with E-state index in [2.05, 4.69) is 5.32 Å². The molecule has 0 unspecified atom stereocenters. The quantitative estimate of drug-likeness (QED) is 0.704. The van der Waals surface area contributed by atoms with E-state index in [1.54, 1.807) is 15.9 Å². The molecule has 2 aliphatic rings. The fourth-order valence-corrected chi connectivity index (χ4v) is 4.21. The van der Waals surface area contributed by atoms with Crippen molar-refractivity contribution in [3.8, 4) is 11.5 Å². The summed E-state index contributed by atoms with van der Waals surface area (Å²) in [6.07, 6.45) is -0.468. The van der Waals surface area contributed by atoms with Crippen LogP contribution in [0.5, 0.6) is 11.5 Å². The maximum Gasteiger partial charge on any atom is 0.267 e. The number of rotatable bonds is 6. The summed E-state index contributed by atoms with van der Waals surface area (Å²) < 4.78 is 11.5. The summed E-state index contributed by atoms with van der Waals surface area (Å²) in [6, 6.07) is 16.1. The first-order chi connectivity index (χ1) is 16.4. The second-order valence-electron chi connectivity index (χ2n) is 8.97. The lowest BCUT2D eigenvalue weighted by molar-refractivity contribution is -0.147. The van der Waals surface area contributed by atoms with Crippen molar-refractivity contribution in [1.29, 1.82) is 0 Å². The first kappa shape index (κ1) is 23.6. The average Bonchev–Trinajstić information content (AvgIpc) is 2.86. The van der Waals surface area contributed by atoms with E-state index in [-0.39, 0.29) is 36.7 Å². The summed E-state index contributed by atoms with van der Waals surface area (Å²) in [7, 11) is 0. The summed E-state index contributed by atoms with van der Waals surface area (Å²) in [5.41, 5.74) is 0.901. The highest BCUT2D eigenvalue weighted by molar-refractivity contribution is 5.89. The van der Waals surface area contributed by atoms with E-state index >= 15 is 0 Å². The fourth-order valence-electron chi connectivity index (χ4n) is 4.21. The van der Waals surface area contributed by atoms with Crippen molar-refractivity contribution in [3.05, 3.63) is 60.2 Å². The van der Waals surface area contributed by atoms with Crippen molar-refractivity contribution in [2.45, 2.75) is 32.4 Å². The summed E-state index contributed by atoms with van der Waals surface area (Å²) in [5, 5.41) is 2.91. The minimum absolute atomic E-state index is 0.0558. The molecule has 180 valence electrons. The SMILES string of the molecule is CC(C)[C@H](NC(=O)Cc1ccccc1)C(=O)N1CCN(C(=O)[C@H]2COc3ccccc3O2)CC1. The molecule has 2 aromatic rings. The number of carbonyl (C=O) groups excluding carboxylic acids is 3. The van der Waals surface area contributed by atoms with E-state index in [1.165, 1.54) is 0 Å². The number of para-hydroxylation sites is 2. The molecule has 0 aliphatic carbocycles. The summed E-state index contributed by atoms with van der Waals surface area (Å²) in [4.78, 5) is 42.2. The highest BCUT2D eigenvalue weighted by Crippen LogP contribution is 2.31. The minimum atomic E-state index is -0.696. The highest BCUT2D eigenvalue weighted by Gasteiger charge is 2.35. The molecule has 0 radical (unpaired) electrons. The number of ether oxygens (including phenoxy) is 2. The number of hydrogen-bond donors (Lipinski definition) is 1. The molecule has 2 aliphatic heterocycles. The Bertz CT molecular complexity index is 1020. The van der Waals surface area contributed by atoms with Crippen LogP contribution in [0.3, 0.4) is 0 Å². The molecule has 0 bridgehead atoms. The number of nitrogens with zero attached hydrogens (tertiary/aromatic N) is 2. The van der Waals surface area contributed by atoms with Gasteiger partial charge in [-0.15, -0.1) is 0 Å². The number of hydrogen-bond acceptors (Lipinski definition) is 5. The molecule has 0 spiro atoms. The molecule has 0 saturated carbocycles. The molecule has 2 heterocycles. The Balaban J connectivity index is 1.30. The van der Waals surface area contributed by atoms with E-state index in [4.69, 9.17) is 9.47 Å². The Kier molecular flexibility index (Phi) is 7.35. The van der Waals surface area contributed by atoms with Crippen LogP contribution in [0.15, 0.2) is 54.6 Å². The van der Waals surface area contributed by atoms with Gasteiger partial charge in [0.05, 0.1) is 6.42 Å². The lowest BCUT2D eigenvalue weighted by atomic mass is 10.0. The molecule has 34 heavy (non-hydrogen) atoms. The summed E-state index contributed by atoms with van der Waals surface area (Å²) in [6.45, 7) is 5.65. The van der Waals surface area contributed by atoms with E-state index in [0.717, 1.165) is 5.56 Å². The van der Waals surface area contributed by atoms with Crippen molar-refractivity contribution in [2.75, 3.05) is 32.8 Å². The van der Waals surface area contributed by atoms with Gasteiger partial charge in [-0.25, -0.2) is 0 Å². The van der Waals surface area contributed by atoms with Gasteiger partial charge < -0.3 is 24.6 Å². The van der Waals surface area contributed by atoms with Gasteiger partial charge in [0.1, 0.15) is 12.6 Å². The molecule has 1 saturated heterocycles. The third kappa shape index (κ3) is 5.50. The Hall–Kier alpha value is -3.55. The Morgan fingerprint density at radius 3 is 2.21 bits per heavy atom. The zero-order valence-electron chi connectivity index (χ0n) is 19.6. The largest absolute Gasteiger partial charge is 0.485 e. The van der Waals surface area contributed by atoms with E-state index in [1.807, 2.05) is 62.4 Å². The van der Waals surface area contributed by atoms with Crippen LogP contribution in [0, 0.1) is 5.92 Å². The molecular weight excluding hydrogens is 434 g/mol. The average molecular weight is 466 g/mol. The Morgan fingerprint density at radius 1 is 0.912 bits per heavy atom. The number of benzene rings is 2. The van der Waals surface area contributed by atoms with Gasteiger partial charge >= 0.3 is 0 Å². The van der Waals surface area contributed by atoms with Crippen LogP contribution in [-0.2, 0) is 20.8 Å². The van der Waals surface area contributed by atoms with Crippen molar-refractivity contribution >= 4 is 17.7 Å². The lowest BCUT2D eigenvalue weighted by Crippen LogP contribution is -2.59. The van der Waals surface area contributed by atoms with Gasteiger partial charge in [0.25, 0.3) is 5.91 Å². The number of fused-ring (bicyclic) bond motifs is 1. The summed E-state index contributed by atoms with van der Waals surface area (Å²) >= 11 is 0. The van der Waals surface area contributed by atoms with Gasteiger partial charge in [0, 0.05) is 26.2 Å². The second-order valence-corrected chi connectivity index (χ2v) is 8.97. The van der Waals surface area contributed by atoms with E-state index in [9.17, 15) is 14.4 Å². The van der Waals surface area contributed by atoms with Crippen LogP contribution >= 0.6 is 0 Å². The number of piperazine rings is 1. The summed E-state index contributed by atoms with van der Waals surface area (Å²) in [5.74, 6) is 0.706. The number of carbonyl (C=O) groups is 3. The van der Waals surface area contributed by atoms with Crippen LogP contribution in [-0.4, -0.2) is 72.5 Å². The molecule has 1 N–H and O–H groups in total. The van der Waals surface area contributed by atoms with Gasteiger partial charge in [-0.2, -0.15) is 0 Å². The normalized spacial score (nSPS) is 18.4. The molecule has 0 aromatic heterocycles. The van der Waals surface area contributed by atoms with Gasteiger partial charge in [0.2, 0.25) is 17.9 Å². The molecule has 8 nitrogen and oxygen atoms in total. The van der Waals surface area contributed by atoms with Crippen molar-refractivity contribution < 1.29 is 23.9 Å². The highest BCUT2D eigenvalue weighted by atomic mass is 16.6. The molecule has 3 amide bonds. The van der Waals surface area contributed by atoms with Crippen molar-refractivity contribution in [1.82, 2.24) is 15.1 Å². The van der Waals surface area contributed by atoms with Crippen LogP contribution < -0.4 is 14.8 Å². The minimum Gasteiger partial charge on any atom is -0.485 e. The van der Waals surface area contributed by atoms with Gasteiger partial charge in [0.15, 0.2) is 11.5 Å². The van der Waals surface area contributed by atoms with Crippen LogP contribution in [0.1, 0.15) is 19.4 Å². The maximum atomic E-state index is 13.2. The third-order valence-corrected chi connectivity index (χ3v) is 6.14. The Labute approximate surface area is 199 Å². The predicted molar refractivity (Wildman–Crippen MR) is 126 cm³/mol. The van der Waals surface area contributed by atoms with Crippen LogP contribution in [0.2, 0.25) is 0 Å². The first-order valence-corrected chi connectivity index (χ1v) is 11.7. The maximum absolute atomic E-state index is 13.2. The van der Waals surface area contributed by atoms with Gasteiger partial charge in [-0.05, 0) is 23.6 Å². The molecule has 8 heteroatoms. The standard InChI is InChI=1S/C26H31N3O5/c1-18(2)24(27-23(30)16-19-8-4-3-5-9-19)26(32)29-14-12-28(13-15-29)25(31)22-17-33-20-10-6-7-11-21(20)34-22/h3-11,18,22,24H,12-17H2,1-2H3,(H,27,30)/t22-,24+/m1/s1. The third-order valence-electron chi connectivity index (χ3n) is 6.14. The zero-order chi connectivity index (χ0) is 24.1. The molecular formula is C26H31N3O5. The van der Waals surface area contributed by atoms with Crippen molar-refractivity contribution in [2.24, 2.45) is 5.92 Å². The Morgan fingerprint density at radius 2 is 1.53 bits per heavy atom. The van der Waals surface area contributed by atoms with Crippen LogP contribution in [0.25, 0.3) is 0 Å². The van der Waals surface area contributed by atoms with Gasteiger partial charge in [-0.3, -0.25) is 14.4 Å². The lowest BCUT2D eigenvalue weighted by Gasteiger charge is -2.38.